The minimum absolute atomic E-state index is 0.387. The van der Waals surface area contributed by atoms with Crippen LogP contribution in [-0.2, 0) is 9.47 Å². The highest BCUT2D eigenvalue weighted by Gasteiger charge is 2.19. The number of hydrogen-bond acceptors (Lipinski definition) is 8. The second-order valence-electron chi connectivity index (χ2n) is 4.55. The van der Waals surface area contributed by atoms with E-state index < -0.39 is 0 Å². The van der Waals surface area contributed by atoms with Gasteiger partial charge in [-0.1, -0.05) is 0 Å². The van der Waals surface area contributed by atoms with Crippen LogP contribution in [-0.4, -0.2) is 58.4 Å². The van der Waals surface area contributed by atoms with Crippen LogP contribution >= 0.6 is 0 Å². The highest BCUT2D eigenvalue weighted by molar-refractivity contribution is 5.96. The molecule has 1 aromatic heterocycles. The SMILES string of the molecule is COc1cc2c(NCC(OC)OC)ncnc2c(OC)c1OC. The number of nitrogens with one attached hydrogen (secondary N) is 1. The van der Waals surface area contributed by atoms with Gasteiger partial charge >= 0.3 is 0 Å². The molecule has 0 unspecified atom stereocenters. The number of fused-ring (bicyclic) bond motifs is 1. The first-order chi connectivity index (χ1) is 11.2. The van der Waals surface area contributed by atoms with Crippen LogP contribution in [0.2, 0.25) is 0 Å². The number of aromatic nitrogens is 2. The average molecular weight is 323 g/mol. The molecule has 23 heavy (non-hydrogen) atoms. The molecule has 0 aliphatic carbocycles. The number of benzene rings is 1. The van der Waals surface area contributed by atoms with Gasteiger partial charge in [0.2, 0.25) is 5.75 Å². The second-order valence-corrected chi connectivity index (χ2v) is 4.55. The molecule has 0 bridgehead atoms. The van der Waals surface area contributed by atoms with Gasteiger partial charge in [-0.15, -0.1) is 0 Å². The summed E-state index contributed by atoms with van der Waals surface area (Å²) in [6.07, 6.45) is 1.07. The molecule has 0 spiro atoms. The second kappa shape index (κ2) is 7.80. The number of hydrogen-bond donors (Lipinski definition) is 1. The molecule has 0 radical (unpaired) electrons. The van der Waals surface area contributed by atoms with Crippen LogP contribution in [0.3, 0.4) is 0 Å². The smallest absolute Gasteiger partial charge is 0.205 e. The van der Waals surface area contributed by atoms with Crippen LogP contribution in [0.15, 0.2) is 12.4 Å². The monoisotopic (exact) mass is 323 g/mol. The van der Waals surface area contributed by atoms with E-state index in [0.29, 0.717) is 35.1 Å². The van der Waals surface area contributed by atoms with Crippen molar-refractivity contribution in [1.82, 2.24) is 9.97 Å². The number of methoxy groups -OCH3 is 5. The Morgan fingerprint density at radius 1 is 0.957 bits per heavy atom. The molecule has 126 valence electrons. The molecule has 1 heterocycles. The van der Waals surface area contributed by atoms with Gasteiger partial charge in [-0.25, -0.2) is 9.97 Å². The van der Waals surface area contributed by atoms with Crippen LogP contribution in [0, 0.1) is 0 Å². The van der Waals surface area contributed by atoms with Gasteiger partial charge < -0.3 is 29.0 Å². The van der Waals surface area contributed by atoms with E-state index in [1.54, 1.807) is 41.6 Å². The lowest BCUT2D eigenvalue weighted by Crippen LogP contribution is -2.24. The molecule has 0 fully saturated rings. The molecular formula is C15H21N3O5. The van der Waals surface area contributed by atoms with Crippen LogP contribution in [0.1, 0.15) is 0 Å². The number of nitrogens with zero attached hydrogens (tertiary/aromatic N) is 2. The summed E-state index contributed by atoms with van der Waals surface area (Å²) in [5.74, 6) is 2.12. The Morgan fingerprint density at radius 3 is 2.22 bits per heavy atom. The summed E-state index contributed by atoms with van der Waals surface area (Å²) in [6.45, 7) is 0.426. The van der Waals surface area contributed by atoms with Crippen molar-refractivity contribution in [2.75, 3.05) is 47.4 Å². The first kappa shape index (κ1) is 17.0. The Labute approximate surface area is 134 Å². The molecule has 0 atom stereocenters. The van der Waals surface area contributed by atoms with Crippen LogP contribution in [0.25, 0.3) is 10.9 Å². The lowest BCUT2D eigenvalue weighted by atomic mass is 10.2. The first-order valence-corrected chi connectivity index (χ1v) is 6.93. The zero-order valence-electron chi connectivity index (χ0n) is 13.9. The first-order valence-electron chi connectivity index (χ1n) is 6.93. The summed E-state index contributed by atoms with van der Waals surface area (Å²) in [6, 6.07) is 1.80. The summed E-state index contributed by atoms with van der Waals surface area (Å²) in [4.78, 5) is 8.56. The number of ether oxygens (including phenoxy) is 5. The fourth-order valence-electron chi connectivity index (χ4n) is 2.25. The van der Waals surface area contributed by atoms with Crippen molar-refractivity contribution in [2.24, 2.45) is 0 Å². The van der Waals surface area contributed by atoms with Gasteiger partial charge in [-0.3, -0.25) is 0 Å². The fraction of sp³-hybridized carbons (Fsp3) is 0.467. The summed E-state index contributed by atoms with van der Waals surface area (Å²) < 4.78 is 26.5. The molecule has 2 aromatic rings. The molecule has 0 amide bonds. The maximum absolute atomic E-state index is 5.44. The van der Waals surface area contributed by atoms with Gasteiger partial charge in [-0.2, -0.15) is 0 Å². The molecule has 0 saturated heterocycles. The molecule has 8 heteroatoms. The Balaban J connectivity index is 2.51. The third-order valence-electron chi connectivity index (χ3n) is 3.39. The van der Waals surface area contributed by atoms with Gasteiger partial charge in [-0.05, 0) is 6.07 Å². The third-order valence-corrected chi connectivity index (χ3v) is 3.39. The molecule has 0 saturated carbocycles. The predicted octanol–water partition coefficient (Wildman–Crippen LogP) is 1.69. The van der Waals surface area contributed by atoms with Crippen molar-refractivity contribution in [2.45, 2.75) is 6.29 Å². The molecule has 0 aliphatic rings. The third kappa shape index (κ3) is 3.38. The van der Waals surface area contributed by atoms with Crippen LogP contribution < -0.4 is 19.5 Å². The van der Waals surface area contributed by atoms with Crippen molar-refractivity contribution in [1.29, 1.82) is 0 Å². The highest BCUT2D eigenvalue weighted by Crippen LogP contribution is 2.43. The van der Waals surface area contributed by atoms with Crippen LogP contribution in [0.5, 0.6) is 17.2 Å². The van der Waals surface area contributed by atoms with Crippen molar-refractivity contribution < 1.29 is 23.7 Å². The average Bonchev–Trinajstić information content (AvgIpc) is 2.60. The van der Waals surface area contributed by atoms with E-state index in [1.807, 2.05) is 0 Å². The summed E-state index contributed by atoms with van der Waals surface area (Å²) >= 11 is 0. The van der Waals surface area contributed by atoms with E-state index in [4.69, 9.17) is 23.7 Å². The van der Waals surface area contributed by atoms with E-state index in [0.717, 1.165) is 5.39 Å². The quantitative estimate of drug-likeness (QED) is 0.735. The summed E-state index contributed by atoms with van der Waals surface area (Å²) in [5.41, 5.74) is 0.619. The Morgan fingerprint density at radius 2 is 1.65 bits per heavy atom. The summed E-state index contributed by atoms with van der Waals surface area (Å²) in [5, 5.41) is 3.92. The Hall–Kier alpha value is -2.32. The van der Waals surface area contributed by atoms with Crippen LogP contribution in [0.4, 0.5) is 5.82 Å². The fourth-order valence-corrected chi connectivity index (χ4v) is 2.25. The topological polar surface area (TPSA) is 84.0 Å². The predicted molar refractivity (Wildman–Crippen MR) is 85.5 cm³/mol. The van der Waals surface area contributed by atoms with Crippen molar-refractivity contribution >= 4 is 16.7 Å². The van der Waals surface area contributed by atoms with Gasteiger partial charge in [0.1, 0.15) is 17.7 Å². The van der Waals surface area contributed by atoms with Crippen molar-refractivity contribution in [3.8, 4) is 17.2 Å². The van der Waals surface area contributed by atoms with Gasteiger partial charge in [0, 0.05) is 14.2 Å². The number of rotatable bonds is 8. The van der Waals surface area contributed by atoms with Crippen molar-refractivity contribution in [3.05, 3.63) is 12.4 Å². The normalized spacial score (nSPS) is 10.9. The number of anilines is 1. The van der Waals surface area contributed by atoms with E-state index >= 15 is 0 Å². The molecular weight excluding hydrogens is 302 g/mol. The minimum Gasteiger partial charge on any atom is -0.493 e. The van der Waals surface area contributed by atoms with E-state index in [1.165, 1.54) is 6.33 Å². The minimum atomic E-state index is -0.387. The lowest BCUT2D eigenvalue weighted by Gasteiger charge is -2.17. The zero-order chi connectivity index (χ0) is 16.8. The van der Waals surface area contributed by atoms with E-state index in [2.05, 4.69) is 15.3 Å². The van der Waals surface area contributed by atoms with E-state index in [9.17, 15) is 0 Å². The molecule has 1 N–H and O–H groups in total. The molecule has 2 rings (SSSR count). The lowest BCUT2D eigenvalue weighted by molar-refractivity contribution is -0.0914. The Kier molecular flexibility index (Phi) is 5.78. The van der Waals surface area contributed by atoms with E-state index in [-0.39, 0.29) is 6.29 Å². The van der Waals surface area contributed by atoms with Crippen molar-refractivity contribution in [3.63, 3.8) is 0 Å². The highest BCUT2D eigenvalue weighted by atomic mass is 16.7. The largest absolute Gasteiger partial charge is 0.493 e. The Bertz CT molecular complexity index is 661. The maximum Gasteiger partial charge on any atom is 0.205 e. The van der Waals surface area contributed by atoms with Gasteiger partial charge in [0.15, 0.2) is 17.8 Å². The molecule has 8 nitrogen and oxygen atoms in total. The standard InChI is InChI=1S/C15H21N3O5/c1-19-10-6-9-12(14(23-5)13(10)22-4)17-8-18-15(9)16-7-11(20-2)21-3/h6,8,11H,7H2,1-5H3,(H,16,17,18). The maximum atomic E-state index is 5.44. The van der Waals surface area contributed by atoms with Gasteiger partial charge in [0.25, 0.3) is 0 Å². The molecule has 1 aromatic carbocycles. The summed E-state index contributed by atoms with van der Waals surface area (Å²) in [7, 11) is 7.81. The zero-order valence-corrected chi connectivity index (χ0v) is 13.9. The van der Waals surface area contributed by atoms with Gasteiger partial charge in [0.05, 0.1) is 33.3 Å². The molecule has 0 aliphatic heterocycles.